The van der Waals surface area contributed by atoms with Crippen molar-refractivity contribution in [1.82, 2.24) is 10.2 Å². The predicted octanol–water partition coefficient (Wildman–Crippen LogP) is 0.736. The van der Waals surface area contributed by atoms with Crippen LogP contribution in [0.15, 0.2) is 11.0 Å². The molecule has 2 N–H and O–H groups in total. The molecule has 0 saturated carbocycles. The zero-order valence-corrected chi connectivity index (χ0v) is 6.53. The lowest BCUT2D eigenvalue weighted by Crippen LogP contribution is -2.09. The van der Waals surface area contributed by atoms with Crippen molar-refractivity contribution < 1.29 is 4.42 Å². The van der Waals surface area contributed by atoms with Gasteiger partial charge in [-0.25, -0.2) is 0 Å². The first-order valence-electron chi connectivity index (χ1n) is 3.42. The molecule has 4 heteroatoms. The minimum Gasteiger partial charge on any atom is -0.420 e. The van der Waals surface area contributed by atoms with Crippen molar-refractivity contribution in [2.75, 3.05) is 0 Å². The van der Waals surface area contributed by atoms with Crippen LogP contribution >= 0.6 is 0 Å². The van der Waals surface area contributed by atoms with Crippen molar-refractivity contribution in [2.45, 2.75) is 12.5 Å². The van der Waals surface area contributed by atoms with Crippen molar-refractivity contribution in [3.8, 4) is 12.3 Å². The molecule has 1 rings (SSSR count). The second kappa shape index (κ2) is 3.69. The highest BCUT2D eigenvalue weighted by Gasteiger charge is 2.11. The third-order valence-corrected chi connectivity index (χ3v) is 1.29. The Kier molecular flexibility index (Phi) is 2.62. The number of aromatic nitrogens is 2. The van der Waals surface area contributed by atoms with Gasteiger partial charge in [0, 0.05) is 6.42 Å². The topological polar surface area (TPSA) is 64.9 Å². The van der Waals surface area contributed by atoms with Crippen molar-refractivity contribution in [1.29, 1.82) is 0 Å². The zero-order valence-electron chi connectivity index (χ0n) is 6.53. The normalized spacial score (nSPS) is 12.0. The van der Waals surface area contributed by atoms with Crippen LogP contribution in [0.1, 0.15) is 24.2 Å². The summed E-state index contributed by atoms with van der Waals surface area (Å²) in [5.41, 5.74) is 5.60. The number of hydrogen-bond donors (Lipinski definition) is 1. The van der Waals surface area contributed by atoms with E-state index in [0.717, 1.165) is 0 Å². The third-order valence-electron chi connectivity index (χ3n) is 1.29. The molecule has 0 spiro atoms. The molecule has 62 valence electrons. The molecule has 0 bridgehead atoms. The monoisotopic (exact) mass is 163 g/mol. The Balaban J connectivity index is 2.75. The molecule has 1 atom stereocenters. The molecule has 0 aliphatic rings. The van der Waals surface area contributed by atoms with Gasteiger partial charge in [0.2, 0.25) is 11.8 Å². The third kappa shape index (κ3) is 1.71. The lowest BCUT2D eigenvalue weighted by Gasteiger charge is -1.98. The van der Waals surface area contributed by atoms with E-state index in [-0.39, 0.29) is 6.04 Å². The molecular formula is C8H9N3O. The van der Waals surface area contributed by atoms with Gasteiger partial charge < -0.3 is 10.2 Å². The second-order valence-electron chi connectivity index (χ2n) is 2.20. The van der Waals surface area contributed by atoms with E-state index in [9.17, 15) is 0 Å². The van der Waals surface area contributed by atoms with Crippen LogP contribution < -0.4 is 5.73 Å². The number of terminal acetylenes is 1. The molecule has 12 heavy (non-hydrogen) atoms. The average molecular weight is 163 g/mol. The highest BCUT2D eigenvalue weighted by atomic mass is 16.4. The molecule has 1 heterocycles. The van der Waals surface area contributed by atoms with E-state index >= 15 is 0 Å². The van der Waals surface area contributed by atoms with Gasteiger partial charge >= 0.3 is 0 Å². The maximum Gasteiger partial charge on any atom is 0.240 e. The summed E-state index contributed by atoms with van der Waals surface area (Å²) in [6.07, 6.45) is 6.91. The van der Waals surface area contributed by atoms with Gasteiger partial charge in [-0.3, -0.25) is 0 Å². The quantitative estimate of drug-likeness (QED) is 0.667. The summed E-state index contributed by atoms with van der Waals surface area (Å²) in [4.78, 5) is 0. The fourth-order valence-electron chi connectivity index (χ4n) is 0.693. The van der Waals surface area contributed by atoms with Crippen LogP contribution in [0.2, 0.25) is 0 Å². The Labute approximate surface area is 70.5 Å². The number of rotatable bonds is 3. The Hall–Kier alpha value is -1.60. The standard InChI is InChI=1S/C8H9N3O/c1-3-5-6(9)8-11-10-7(4-2)12-8/h1,4,6H,2,5,9H2/t6-/m0/s1. The Morgan fingerprint density at radius 1 is 1.75 bits per heavy atom. The maximum absolute atomic E-state index is 5.60. The lowest BCUT2D eigenvalue weighted by atomic mass is 10.2. The Morgan fingerprint density at radius 3 is 3.00 bits per heavy atom. The van der Waals surface area contributed by atoms with Gasteiger partial charge in [0.25, 0.3) is 0 Å². The Morgan fingerprint density at radius 2 is 2.50 bits per heavy atom. The first-order chi connectivity index (χ1) is 5.77. The molecule has 0 saturated heterocycles. The summed E-state index contributed by atoms with van der Waals surface area (Å²) in [6, 6.07) is -0.379. The highest BCUT2D eigenvalue weighted by molar-refractivity contribution is 5.32. The van der Waals surface area contributed by atoms with Crippen LogP contribution in [0.25, 0.3) is 6.08 Å². The maximum atomic E-state index is 5.60. The molecule has 1 aromatic rings. The molecule has 0 amide bonds. The minimum atomic E-state index is -0.379. The fourth-order valence-corrected chi connectivity index (χ4v) is 0.693. The van der Waals surface area contributed by atoms with Crippen molar-refractivity contribution >= 4 is 6.08 Å². The molecule has 4 nitrogen and oxygen atoms in total. The van der Waals surface area contributed by atoms with E-state index in [1.54, 1.807) is 0 Å². The van der Waals surface area contributed by atoms with Gasteiger partial charge in [0.1, 0.15) is 0 Å². The molecule has 0 aliphatic carbocycles. The summed E-state index contributed by atoms with van der Waals surface area (Å²) in [6.45, 7) is 3.47. The SMILES string of the molecule is C#CC[C@H](N)c1nnc(C=C)o1. The van der Waals surface area contributed by atoms with Crippen LogP contribution in [0.4, 0.5) is 0 Å². The summed E-state index contributed by atoms with van der Waals surface area (Å²) in [7, 11) is 0. The summed E-state index contributed by atoms with van der Waals surface area (Å²) in [5, 5.41) is 7.35. The first kappa shape index (κ1) is 8.50. The van der Waals surface area contributed by atoms with Crippen LogP contribution in [0.3, 0.4) is 0 Å². The summed E-state index contributed by atoms with van der Waals surface area (Å²) in [5.74, 6) is 3.12. The minimum absolute atomic E-state index is 0.350. The zero-order chi connectivity index (χ0) is 8.97. The van der Waals surface area contributed by atoms with Gasteiger partial charge in [0.05, 0.1) is 6.04 Å². The highest BCUT2D eigenvalue weighted by Crippen LogP contribution is 2.11. The van der Waals surface area contributed by atoms with E-state index in [4.69, 9.17) is 16.6 Å². The number of nitrogens with two attached hydrogens (primary N) is 1. The van der Waals surface area contributed by atoms with Gasteiger partial charge in [-0.15, -0.1) is 22.5 Å². The van der Waals surface area contributed by atoms with Crippen LogP contribution in [0.5, 0.6) is 0 Å². The molecule has 0 radical (unpaired) electrons. The van der Waals surface area contributed by atoms with Crippen molar-refractivity contribution in [3.05, 3.63) is 18.4 Å². The van der Waals surface area contributed by atoms with Crippen LogP contribution in [-0.2, 0) is 0 Å². The smallest absolute Gasteiger partial charge is 0.240 e. The van der Waals surface area contributed by atoms with E-state index in [0.29, 0.717) is 18.2 Å². The second-order valence-corrected chi connectivity index (χ2v) is 2.20. The summed E-state index contributed by atoms with van der Waals surface area (Å²) >= 11 is 0. The average Bonchev–Trinajstić information content (AvgIpc) is 2.52. The number of nitrogens with zero attached hydrogens (tertiary/aromatic N) is 2. The number of hydrogen-bond acceptors (Lipinski definition) is 4. The van der Waals surface area contributed by atoms with E-state index in [1.807, 2.05) is 0 Å². The van der Waals surface area contributed by atoms with E-state index in [1.165, 1.54) is 6.08 Å². The largest absolute Gasteiger partial charge is 0.420 e. The van der Waals surface area contributed by atoms with Crippen molar-refractivity contribution in [2.24, 2.45) is 5.73 Å². The Bertz CT molecular complexity index is 310. The molecule has 0 unspecified atom stereocenters. The lowest BCUT2D eigenvalue weighted by molar-refractivity contribution is 0.447. The van der Waals surface area contributed by atoms with Gasteiger partial charge in [-0.05, 0) is 6.08 Å². The predicted molar refractivity (Wildman–Crippen MR) is 44.8 cm³/mol. The fraction of sp³-hybridized carbons (Fsp3) is 0.250. The van der Waals surface area contributed by atoms with Gasteiger partial charge in [-0.1, -0.05) is 6.58 Å². The van der Waals surface area contributed by atoms with Crippen LogP contribution in [0, 0.1) is 12.3 Å². The molecule has 1 aromatic heterocycles. The van der Waals surface area contributed by atoms with Gasteiger partial charge in [-0.2, -0.15) is 0 Å². The van der Waals surface area contributed by atoms with E-state index in [2.05, 4.69) is 22.7 Å². The molecule has 0 fully saturated rings. The first-order valence-corrected chi connectivity index (χ1v) is 3.42. The van der Waals surface area contributed by atoms with Crippen LogP contribution in [-0.4, -0.2) is 10.2 Å². The van der Waals surface area contributed by atoms with Gasteiger partial charge in [0.15, 0.2) is 0 Å². The summed E-state index contributed by atoms with van der Waals surface area (Å²) < 4.78 is 5.09. The van der Waals surface area contributed by atoms with Crippen molar-refractivity contribution in [3.63, 3.8) is 0 Å². The molecule has 0 aromatic carbocycles. The molecule has 0 aliphatic heterocycles. The molecular weight excluding hydrogens is 154 g/mol. The van der Waals surface area contributed by atoms with E-state index < -0.39 is 0 Å².